The molecule has 0 radical (unpaired) electrons. The van der Waals surface area contributed by atoms with Crippen LogP contribution in [-0.2, 0) is 0 Å². The van der Waals surface area contributed by atoms with Gasteiger partial charge in [-0.1, -0.05) is 111 Å². The molecule has 0 rings (SSSR count). The molecule has 0 saturated heterocycles. The van der Waals surface area contributed by atoms with Crippen molar-refractivity contribution < 1.29 is 5.11 Å². The van der Waals surface area contributed by atoms with Crippen molar-refractivity contribution in [2.45, 2.75) is 149 Å². The van der Waals surface area contributed by atoms with E-state index in [4.69, 9.17) is 0 Å². The fourth-order valence-corrected chi connectivity index (χ4v) is 3.94. The highest BCUT2D eigenvalue weighted by Crippen LogP contribution is 2.35. The molecule has 0 aromatic heterocycles. The molecule has 0 bridgehead atoms. The van der Waals surface area contributed by atoms with Crippen molar-refractivity contribution in [1.82, 2.24) is 0 Å². The van der Waals surface area contributed by atoms with E-state index in [1.54, 1.807) is 0 Å². The second kappa shape index (κ2) is 15.1. The largest absolute Gasteiger partial charge is 0.390 e. The molecule has 0 fully saturated rings. The van der Waals surface area contributed by atoms with Gasteiger partial charge in [0.25, 0.3) is 0 Å². The third-order valence-corrected chi connectivity index (χ3v) is 6.30. The Hall–Kier alpha value is -0.0400. The van der Waals surface area contributed by atoms with E-state index in [1.807, 2.05) is 0 Å². The van der Waals surface area contributed by atoms with Gasteiger partial charge in [-0.3, -0.25) is 0 Å². The Bertz CT molecular complexity index is 284. The minimum Gasteiger partial charge on any atom is -0.390 e. The molecule has 0 saturated carbocycles. The molecule has 0 aliphatic heterocycles. The van der Waals surface area contributed by atoms with Gasteiger partial charge in [0.2, 0.25) is 0 Å². The van der Waals surface area contributed by atoms with Crippen LogP contribution in [0, 0.1) is 5.41 Å². The van der Waals surface area contributed by atoms with Gasteiger partial charge in [-0.2, -0.15) is 0 Å². The summed E-state index contributed by atoms with van der Waals surface area (Å²) in [6, 6.07) is 0. The van der Waals surface area contributed by atoms with Gasteiger partial charge in [0.05, 0.1) is 5.60 Å². The minimum absolute atomic E-state index is 0.443. The van der Waals surface area contributed by atoms with Crippen LogP contribution in [0.2, 0.25) is 0 Å². The summed E-state index contributed by atoms with van der Waals surface area (Å²) >= 11 is 0. The average molecular weight is 355 g/mol. The number of rotatable bonds is 18. The van der Waals surface area contributed by atoms with Crippen molar-refractivity contribution in [2.75, 3.05) is 0 Å². The van der Waals surface area contributed by atoms with E-state index in [0.717, 1.165) is 12.8 Å². The lowest BCUT2D eigenvalue weighted by Crippen LogP contribution is -2.25. The zero-order valence-electron chi connectivity index (χ0n) is 18.5. The van der Waals surface area contributed by atoms with Crippen LogP contribution >= 0.6 is 0 Å². The Morgan fingerprint density at radius 2 is 0.920 bits per heavy atom. The van der Waals surface area contributed by atoms with Crippen molar-refractivity contribution >= 4 is 0 Å². The zero-order chi connectivity index (χ0) is 19.0. The highest BCUT2D eigenvalue weighted by atomic mass is 16.3. The lowest BCUT2D eigenvalue weighted by molar-refractivity contribution is 0.0330. The van der Waals surface area contributed by atoms with Crippen LogP contribution in [-0.4, -0.2) is 10.7 Å². The summed E-state index contributed by atoms with van der Waals surface area (Å²) in [5.41, 5.74) is 0.0446. The quantitative estimate of drug-likeness (QED) is 0.245. The Morgan fingerprint density at radius 3 is 1.44 bits per heavy atom. The Kier molecular flexibility index (Phi) is 15.0. The Labute approximate surface area is 160 Å². The van der Waals surface area contributed by atoms with Gasteiger partial charge in [-0.25, -0.2) is 0 Å². The molecule has 25 heavy (non-hydrogen) atoms. The topological polar surface area (TPSA) is 20.2 Å². The zero-order valence-corrected chi connectivity index (χ0v) is 18.5. The van der Waals surface area contributed by atoms with Crippen LogP contribution < -0.4 is 0 Å². The second-order valence-corrected chi connectivity index (χ2v) is 9.20. The van der Waals surface area contributed by atoms with Gasteiger partial charge in [-0.05, 0) is 38.0 Å². The van der Waals surface area contributed by atoms with Crippen molar-refractivity contribution in [2.24, 2.45) is 5.41 Å². The van der Waals surface area contributed by atoms with E-state index >= 15 is 0 Å². The highest BCUT2D eigenvalue weighted by molar-refractivity contribution is 4.77. The lowest BCUT2D eigenvalue weighted by atomic mass is 9.76. The maximum atomic E-state index is 10.6. The Morgan fingerprint density at radius 1 is 0.520 bits per heavy atom. The summed E-state index contributed by atoms with van der Waals surface area (Å²) in [7, 11) is 0. The van der Waals surface area contributed by atoms with Gasteiger partial charge in [-0.15, -0.1) is 0 Å². The predicted octanol–water partition coefficient (Wildman–Crippen LogP) is 8.44. The van der Waals surface area contributed by atoms with E-state index in [1.165, 1.54) is 96.3 Å². The van der Waals surface area contributed by atoms with Crippen LogP contribution in [0.25, 0.3) is 0 Å². The third kappa shape index (κ3) is 14.8. The van der Waals surface area contributed by atoms with Gasteiger partial charge in [0.1, 0.15) is 0 Å². The molecular formula is C24H50O. The molecule has 0 aromatic carbocycles. The van der Waals surface area contributed by atoms with Crippen molar-refractivity contribution in [1.29, 1.82) is 0 Å². The molecule has 0 aliphatic rings. The number of hydrogen-bond acceptors (Lipinski definition) is 1. The summed E-state index contributed by atoms with van der Waals surface area (Å²) in [5, 5.41) is 10.6. The van der Waals surface area contributed by atoms with Crippen LogP contribution in [0.15, 0.2) is 0 Å². The molecule has 1 nitrogen and oxygen atoms in total. The van der Waals surface area contributed by atoms with Gasteiger partial charge >= 0.3 is 0 Å². The number of hydrogen-bond donors (Lipinski definition) is 1. The van der Waals surface area contributed by atoms with E-state index in [2.05, 4.69) is 34.6 Å². The lowest BCUT2D eigenvalue weighted by Gasteiger charge is -2.31. The van der Waals surface area contributed by atoms with Crippen LogP contribution in [0.5, 0.6) is 0 Å². The molecule has 1 heteroatoms. The molecule has 0 aliphatic carbocycles. The van der Waals surface area contributed by atoms with Crippen LogP contribution in [0.3, 0.4) is 0 Å². The fourth-order valence-electron chi connectivity index (χ4n) is 3.94. The molecule has 0 spiro atoms. The first-order valence-corrected chi connectivity index (χ1v) is 11.6. The molecule has 0 heterocycles. The first kappa shape index (κ1) is 25.0. The van der Waals surface area contributed by atoms with E-state index in [-0.39, 0.29) is 0 Å². The van der Waals surface area contributed by atoms with Gasteiger partial charge in [0, 0.05) is 0 Å². The van der Waals surface area contributed by atoms with Crippen molar-refractivity contribution in [3.8, 4) is 0 Å². The summed E-state index contributed by atoms with van der Waals surface area (Å²) < 4.78 is 0. The number of unbranched alkanes of at least 4 members (excludes halogenated alkanes) is 9. The summed E-state index contributed by atoms with van der Waals surface area (Å²) in [6.07, 6.45) is 21.9. The van der Waals surface area contributed by atoms with Crippen molar-refractivity contribution in [3.05, 3.63) is 0 Å². The van der Waals surface area contributed by atoms with E-state index in [0.29, 0.717) is 5.41 Å². The maximum Gasteiger partial charge on any atom is 0.0619 e. The Balaban J connectivity index is 3.90. The molecule has 0 amide bonds. The molecule has 2 atom stereocenters. The molecule has 2 unspecified atom stereocenters. The predicted molar refractivity (Wildman–Crippen MR) is 114 cm³/mol. The van der Waals surface area contributed by atoms with Gasteiger partial charge in [0.15, 0.2) is 0 Å². The number of aliphatic hydroxyl groups is 1. The summed E-state index contributed by atoms with van der Waals surface area (Å²) in [4.78, 5) is 0. The normalized spacial score (nSPS) is 16.6. The monoisotopic (exact) mass is 354 g/mol. The summed E-state index contributed by atoms with van der Waals surface area (Å²) in [6.45, 7) is 11.4. The molecule has 152 valence electrons. The van der Waals surface area contributed by atoms with Gasteiger partial charge < -0.3 is 5.11 Å². The van der Waals surface area contributed by atoms with Crippen molar-refractivity contribution in [3.63, 3.8) is 0 Å². The van der Waals surface area contributed by atoms with E-state index < -0.39 is 5.60 Å². The molecule has 1 N–H and O–H groups in total. The second-order valence-electron chi connectivity index (χ2n) is 9.20. The maximum absolute atomic E-state index is 10.6. The average Bonchev–Trinajstić information content (AvgIpc) is 2.57. The minimum atomic E-state index is -0.443. The highest BCUT2D eigenvalue weighted by Gasteiger charge is 2.24. The van der Waals surface area contributed by atoms with Crippen LogP contribution in [0.1, 0.15) is 144 Å². The third-order valence-electron chi connectivity index (χ3n) is 6.30. The smallest absolute Gasteiger partial charge is 0.0619 e. The van der Waals surface area contributed by atoms with E-state index in [9.17, 15) is 5.11 Å². The molecule has 0 aromatic rings. The standard InChI is InChI=1S/C24H50O/c1-6-9-11-13-15-16-19-23(4,8-3)20-18-22-24(5,25)21-17-14-12-10-7-2/h25H,6-22H2,1-5H3. The fraction of sp³-hybridized carbons (Fsp3) is 1.00. The first-order valence-electron chi connectivity index (χ1n) is 11.6. The summed E-state index contributed by atoms with van der Waals surface area (Å²) in [5.74, 6) is 0. The molecular weight excluding hydrogens is 304 g/mol. The van der Waals surface area contributed by atoms with Crippen LogP contribution in [0.4, 0.5) is 0 Å². The SMILES string of the molecule is CCCCCCCCC(C)(CC)CCCC(C)(O)CCCCCCC. The first-order chi connectivity index (χ1) is 11.9.